The summed E-state index contributed by atoms with van der Waals surface area (Å²) in [4.78, 5) is 7.06. The molecule has 0 aliphatic carbocycles. The van der Waals surface area contributed by atoms with Gasteiger partial charge in [-0.05, 0) is 30.5 Å². The molecule has 0 bridgehead atoms. The third-order valence-corrected chi connectivity index (χ3v) is 2.90. The van der Waals surface area contributed by atoms with Gasteiger partial charge in [0.05, 0.1) is 7.11 Å². The fraction of sp³-hybridized carbons (Fsp3) is 0.500. The SMILES string of the molecule is CONCc1ccc(F)cc1N1CCCC1. The zero-order chi connectivity index (χ0) is 11.4. The van der Waals surface area contributed by atoms with Gasteiger partial charge in [-0.25, -0.2) is 4.39 Å². The molecule has 0 aromatic heterocycles. The maximum atomic E-state index is 13.2. The van der Waals surface area contributed by atoms with Crippen molar-refractivity contribution in [2.24, 2.45) is 0 Å². The Kier molecular flexibility index (Phi) is 3.74. The minimum atomic E-state index is -0.178. The van der Waals surface area contributed by atoms with Gasteiger partial charge in [0, 0.05) is 25.3 Å². The quantitative estimate of drug-likeness (QED) is 0.792. The Hall–Kier alpha value is -1.13. The standard InChI is InChI=1S/C12H17FN2O/c1-16-14-9-10-4-5-11(13)8-12(10)15-6-2-3-7-15/h4-5,8,14H,2-3,6-7,9H2,1H3. The monoisotopic (exact) mass is 224 g/mol. The van der Waals surface area contributed by atoms with Crippen LogP contribution in [0.5, 0.6) is 0 Å². The Morgan fingerprint density at radius 3 is 2.81 bits per heavy atom. The molecule has 1 aliphatic heterocycles. The molecule has 0 radical (unpaired) electrons. The summed E-state index contributed by atoms with van der Waals surface area (Å²) in [7, 11) is 1.58. The number of hydrogen-bond donors (Lipinski definition) is 1. The first-order valence-corrected chi connectivity index (χ1v) is 5.60. The van der Waals surface area contributed by atoms with Crippen molar-refractivity contribution in [3.63, 3.8) is 0 Å². The predicted octanol–water partition coefficient (Wildman–Crippen LogP) is 2.08. The third-order valence-electron chi connectivity index (χ3n) is 2.90. The van der Waals surface area contributed by atoms with Gasteiger partial charge in [0.15, 0.2) is 0 Å². The van der Waals surface area contributed by atoms with Gasteiger partial charge >= 0.3 is 0 Å². The largest absolute Gasteiger partial charge is 0.371 e. The van der Waals surface area contributed by atoms with Gasteiger partial charge in [-0.1, -0.05) is 6.07 Å². The molecule has 2 rings (SSSR count). The van der Waals surface area contributed by atoms with Crippen molar-refractivity contribution in [1.82, 2.24) is 5.48 Å². The van der Waals surface area contributed by atoms with Crippen LogP contribution in [0, 0.1) is 5.82 Å². The number of nitrogens with one attached hydrogen (secondary N) is 1. The van der Waals surface area contributed by atoms with Crippen molar-refractivity contribution in [2.45, 2.75) is 19.4 Å². The molecule has 0 unspecified atom stereocenters. The van der Waals surface area contributed by atoms with Crippen molar-refractivity contribution >= 4 is 5.69 Å². The van der Waals surface area contributed by atoms with E-state index in [9.17, 15) is 4.39 Å². The molecule has 0 spiro atoms. The molecule has 1 aromatic rings. The van der Waals surface area contributed by atoms with Crippen LogP contribution in [0.25, 0.3) is 0 Å². The van der Waals surface area contributed by atoms with E-state index in [1.165, 1.54) is 18.9 Å². The summed E-state index contributed by atoms with van der Waals surface area (Å²) in [5.74, 6) is -0.178. The summed E-state index contributed by atoms with van der Waals surface area (Å²) < 4.78 is 13.2. The minimum Gasteiger partial charge on any atom is -0.371 e. The van der Waals surface area contributed by atoms with E-state index in [1.54, 1.807) is 13.2 Å². The van der Waals surface area contributed by atoms with Crippen LogP contribution in [0.2, 0.25) is 0 Å². The Labute approximate surface area is 95.2 Å². The molecule has 3 nitrogen and oxygen atoms in total. The highest BCUT2D eigenvalue weighted by Crippen LogP contribution is 2.25. The molecule has 4 heteroatoms. The number of halogens is 1. The maximum absolute atomic E-state index is 13.2. The molecule has 88 valence electrons. The average Bonchev–Trinajstić information content (AvgIpc) is 2.80. The summed E-state index contributed by atoms with van der Waals surface area (Å²) in [5, 5.41) is 0. The summed E-state index contributed by atoms with van der Waals surface area (Å²) in [5.41, 5.74) is 4.86. The number of anilines is 1. The van der Waals surface area contributed by atoms with Crippen LogP contribution in [0.15, 0.2) is 18.2 Å². The number of rotatable bonds is 4. The minimum absolute atomic E-state index is 0.178. The number of nitrogens with zero attached hydrogens (tertiary/aromatic N) is 1. The van der Waals surface area contributed by atoms with Crippen LogP contribution < -0.4 is 10.4 Å². The van der Waals surface area contributed by atoms with Crippen molar-refractivity contribution in [2.75, 3.05) is 25.1 Å². The van der Waals surface area contributed by atoms with Gasteiger partial charge in [0.2, 0.25) is 0 Å². The van der Waals surface area contributed by atoms with Gasteiger partial charge in [0.25, 0.3) is 0 Å². The van der Waals surface area contributed by atoms with Gasteiger partial charge in [-0.15, -0.1) is 0 Å². The first-order chi connectivity index (χ1) is 7.81. The van der Waals surface area contributed by atoms with Crippen LogP contribution in [-0.2, 0) is 11.4 Å². The van der Waals surface area contributed by atoms with Crippen LogP contribution in [0.1, 0.15) is 18.4 Å². The Bertz CT molecular complexity index is 351. The van der Waals surface area contributed by atoms with Gasteiger partial charge in [-0.2, -0.15) is 5.48 Å². The van der Waals surface area contributed by atoms with Crippen LogP contribution in [-0.4, -0.2) is 20.2 Å². The summed E-state index contributed by atoms with van der Waals surface area (Å²) in [6.07, 6.45) is 2.38. The molecular weight excluding hydrogens is 207 g/mol. The van der Waals surface area contributed by atoms with Gasteiger partial charge in [-0.3, -0.25) is 0 Å². The molecule has 0 atom stereocenters. The molecule has 1 aliphatic rings. The molecular formula is C12H17FN2O. The molecule has 1 heterocycles. The maximum Gasteiger partial charge on any atom is 0.125 e. The second-order valence-corrected chi connectivity index (χ2v) is 3.99. The molecule has 16 heavy (non-hydrogen) atoms. The van der Waals surface area contributed by atoms with Crippen molar-refractivity contribution in [1.29, 1.82) is 0 Å². The van der Waals surface area contributed by atoms with E-state index in [0.717, 1.165) is 24.3 Å². The lowest BCUT2D eigenvalue weighted by atomic mass is 10.1. The van der Waals surface area contributed by atoms with Crippen LogP contribution in [0.3, 0.4) is 0 Å². The Balaban J connectivity index is 2.21. The number of hydroxylamine groups is 1. The summed E-state index contributed by atoms with van der Waals surface area (Å²) in [6, 6.07) is 4.92. The molecule has 0 amide bonds. The Morgan fingerprint density at radius 2 is 2.12 bits per heavy atom. The lowest BCUT2D eigenvalue weighted by molar-refractivity contribution is 0.0868. The van der Waals surface area contributed by atoms with E-state index in [1.807, 2.05) is 6.07 Å². The highest BCUT2D eigenvalue weighted by Gasteiger charge is 2.16. The van der Waals surface area contributed by atoms with E-state index in [-0.39, 0.29) is 5.82 Å². The van der Waals surface area contributed by atoms with E-state index in [2.05, 4.69) is 10.4 Å². The highest BCUT2D eigenvalue weighted by atomic mass is 19.1. The van der Waals surface area contributed by atoms with E-state index in [0.29, 0.717) is 6.54 Å². The van der Waals surface area contributed by atoms with Crippen LogP contribution >= 0.6 is 0 Å². The van der Waals surface area contributed by atoms with Gasteiger partial charge < -0.3 is 9.74 Å². The van der Waals surface area contributed by atoms with Crippen LogP contribution in [0.4, 0.5) is 10.1 Å². The van der Waals surface area contributed by atoms with Gasteiger partial charge in [0.1, 0.15) is 5.82 Å². The summed E-state index contributed by atoms with van der Waals surface area (Å²) in [6.45, 7) is 2.63. The topological polar surface area (TPSA) is 24.5 Å². The highest BCUT2D eigenvalue weighted by molar-refractivity contribution is 5.54. The smallest absolute Gasteiger partial charge is 0.125 e. The zero-order valence-corrected chi connectivity index (χ0v) is 9.50. The van der Waals surface area contributed by atoms with E-state index >= 15 is 0 Å². The molecule has 1 saturated heterocycles. The average molecular weight is 224 g/mol. The normalized spacial score (nSPS) is 15.8. The van der Waals surface area contributed by atoms with Crippen molar-refractivity contribution in [3.8, 4) is 0 Å². The molecule has 1 aromatic carbocycles. The second kappa shape index (κ2) is 5.27. The van der Waals surface area contributed by atoms with E-state index in [4.69, 9.17) is 4.84 Å². The molecule has 1 fully saturated rings. The number of benzene rings is 1. The Morgan fingerprint density at radius 1 is 1.38 bits per heavy atom. The fourth-order valence-corrected chi connectivity index (χ4v) is 2.09. The van der Waals surface area contributed by atoms with E-state index < -0.39 is 0 Å². The lowest BCUT2D eigenvalue weighted by Gasteiger charge is -2.21. The number of hydrogen-bond acceptors (Lipinski definition) is 3. The second-order valence-electron chi connectivity index (χ2n) is 3.99. The first kappa shape index (κ1) is 11.4. The van der Waals surface area contributed by atoms with Crippen molar-refractivity contribution in [3.05, 3.63) is 29.6 Å². The zero-order valence-electron chi connectivity index (χ0n) is 9.50. The summed E-state index contributed by atoms with van der Waals surface area (Å²) >= 11 is 0. The molecule has 0 saturated carbocycles. The predicted molar refractivity (Wildman–Crippen MR) is 61.7 cm³/mol. The van der Waals surface area contributed by atoms with Crippen molar-refractivity contribution < 1.29 is 9.23 Å². The fourth-order valence-electron chi connectivity index (χ4n) is 2.09. The molecule has 1 N–H and O–H groups in total. The first-order valence-electron chi connectivity index (χ1n) is 5.60. The third kappa shape index (κ3) is 2.51. The lowest BCUT2D eigenvalue weighted by Crippen LogP contribution is -2.21.